The van der Waals surface area contributed by atoms with Crippen LogP contribution in [0.3, 0.4) is 0 Å². The van der Waals surface area contributed by atoms with Crippen molar-refractivity contribution in [1.82, 2.24) is 10.3 Å². The van der Waals surface area contributed by atoms with E-state index >= 15 is 0 Å². The van der Waals surface area contributed by atoms with Gasteiger partial charge in [-0.3, -0.25) is 4.98 Å². The van der Waals surface area contributed by atoms with Crippen LogP contribution in [-0.2, 0) is 6.54 Å². The van der Waals surface area contributed by atoms with Gasteiger partial charge in [-0.25, -0.2) is 0 Å². The molecule has 1 aliphatic rings. The largest absolute Gasteiger partial charge is 0.490 e. The number of rotatable bonds is 6. The lowest BCUT2D eigenvalue weighted by molar-refractivity contribution is 0.0892. The minimum atomic E-state index is 0.390. The van der Waals surface area contributed by atoms with Crippen LogP contribution in [0.5, 0.6) is 5.75 Å². The number of nitrogens with one attached hydrogen (secondary N) is 1. The van der Waals surface area contributed by atoms with E-state index in [1.807, 2.05) is 18.5 Å². The maximum absolute atomic E-state index is 6.31. The van der Waals surface area contributed by atoms with Crippen molar-refractivity contribution in [3.63, 3.8) is 0 Å². The number of nitrogens with zero attached hydrogens (tertiary/aromatic N) is 1. The van der Waals surface area contributed by atoms with Crippen molar-refractivity contribution in [2.45, 2.75) is 58.6 Å². The number of ether oxygens (including phenoxy) is 1. The topological polar surface area (TPSA) is 34.2 Å². The van der Waals surface area contributed by atoms with E-state index in [4.69, 9.17) is 4.74 Å². The van der Waals surface area contributed by atoms with Crippen LogP contribution in [0.4, 0.5) is 0 Å². The van der Waals surface area contributed by atoms with Crippen molar-refractivity contribution in [3.05, 3.63) is 24.0 Å². The Morgan fingerprint density at radius 1 is 1.32 bits per heavy atom. The second-order valence-electron chi connectivity index (χ2n) is 5.37. The van der Waals surface area contributed by atoms with Crippen LogP contribution >= 0.6 is 0 Å². The molecule has 0 bridgehead atoms. The Morgan fingerprint density at radius 2 is 2.16 bits per heavy atom. The van der Waals surface area contributed by atoms with Gasteiger partial charge in [-0.15, -0.1) is 0 Å². The first-order valence-electron chi connectivity index (χ1n) is 7.65. The summed E-state index contributed by atoms with van der Waals surface area (Å²) in [7, 11) is 0. The summed E-state index contributed by atoms with van der Waals surface area (Å²) in [6.07, 6.45) is 10.5. The SMILES string of the molecule is CCNCc1cnccc1OC1CCCCC1CC. The molecule has 106 valence electrons. The molecule has 19 heavy (non-hydrogen) atoms. The summed E-state index contributed by atoms with van der Waals surface area (Å²) in [6.45, 7) is 6.20. The molecule has 3 nitrogen and oxygen atoms in total. The highest BCUT2D eigenvalue weighted by atomic mass is 16.5. The Kier molecular flexibility index (Phi) is 5.64. The fourth-order valence-corrected chi connectivity index (χ4v) is 2.88. The summed E-state index contributed by atoms with van der Waals surface area (Å²) < 4.78 is 6.31. The van der Waals surface area contributed by atoms with Crippen LogP contribution in [0.15, 0.2) is 18.5 Å². The quantitative estimate of drug-likeness (QED) is 0.851. The lowest BCUT2D eigenvalue weighted by Crippen LogP contribution is -2.30. The lowest BCUT2D eigenvalue weighted by atomic mass is 9.85. The molecule has 0 aliphatic heterocycles. The van der Waals surface area contributed by atoms with E-state index in [-0.39, 0.29) is 0 Å². The third-order valence-electron chi connectivity index (χ3n) is 4.07. The van der Waals surface area contributed by atoms with E-state index in [0.717, 1.165) is 18.8 Å². The first-order valence-corrected chi connectivity index (χ1v) is 7.65. The maximum Gasteiger partial charge on any atom is 0.127 e. The molecule has 0 radical (unpaired) electrons. The second kappa shape index (κ2) is 7.49. The molecular weight excluding hydrogens is 236 g/mol. The Bertz CT molecular complexity index is 381. The van der Waals surface area contributed by atoms with E-state index in [0.29, 0.717) is 12.0 Å². The normalized spacial score (nSPS) is 23.3. The highest BCUT2D eigenvalue weighted by molar-refractivity contribution is 5.30. The van der Waals surface area contributed by atoms with Gasteiger partial charge in [0.1, 0.15) is 11.9 Å². The Morgan fingerprint density at radius 3 is 2.95 bits per heavy atom. The maximum atomic E-state index is 6.31. The van der Waals surface area contributed by atoms with E-state index in [9.17, 15) is 0 Å². The zero-order valence-corrected chi connectivity index (χ0v) is 12.2. The minimum absolute atomic E-state index is 0.390. The third-order valence-corrected chi connectivity index (χ3v) is 4.07. The molecule has 3 heteroatoms. The van der Waals surface area contributed by atoms with Crippen LogP contribution in [0.2, 0.25) is 0 Å². The monoisotopic (exact) mass is 262 g/mol. The number of pyridine rings is 1. The van der Waals surface area contributed by atoms with Crippen molar-refractivity contribution in [1.29, 1.82) is 0 Å². The molecule has 0 amide bonds. The fraction of sp³-hybridized carbons (Fsp3) is 0.688. The zero-order valence-electron chi connectivity index (χ0n) is 12.2. The van der Waals surface area contributed by atoms with Crippen LogP contribution in [0, 0.1) is 5.92 Å². The average molecular weight is 262 g/mol. The second-order valence-corrected chi connectivity index (χ2v) is 5.37. The summed E-state index contributed by atoms with van der Waals surface area (Å²) in [5.74, 6) is 1.73. The lowest BCUT2D eigenvalue weighted by Gasteiger charge is -2.31. The van der Waals surface area contributed by atoms with Crippen LogP contribution < -0.4 is 10.1 Å². The van der Waals surface area contributed by atoms with Gasteiger partial charge in [0.05, 0.1) is 0 Å². The highest BCUT2D eigenvalue weighted by Crippen LogP contribution is 2.31. The third kappa shape index (κ3) is 3.93. The number of hydrogen-bond acceptors (Lipinski definition) is 3. The molecule has 0 spiro atoms. The van der Waals surface area contributed by atoms with Gasteiger partial charge < -0.3 is 10.1 Å². The first-order chi connectivity index (χ1) is 9.35. The van der Waals surface area contributed by atoms with E-state index in [1.165, 1.54) is 37.7 Å². The molecular formula is C16H26N2O. The van der Waals surface area contributed by atoms with Crippen molar-refractivity contribution < 1.29 is 4.74 Å². The summed E-state index contributed by atoms with van der Waals surface area (Å²) in [4.78, 5) is 4.21. The molecule has 1 aromatic rings. The molecule has 1 N–H and O–H groups in total. The van der Waals surface area contributed by atoms with Gasteiger partial charge >= 0.3 is 0 Å². The van der Waals surface area contributed by atoms with Gasteiger partial charge in [-0.05, 0) is 44.2 Å². The van der Waals surface area contributed by atoms with Gasteiger partial charge in [0.15, 0.2) is 0 Å². The molecule has 1 saturated carbocycles. The summed E-state index contributed by atoms with van der Waals surface area (Å²) >= 11 is 0. The number of hydrogen-bond donors (Lipinski definition) is 1. The Balaban J connectivity index is 2.04. The molecule has 0 aromatic carbocycles. The van der Waals surface area contributed by atoms with E-state index in [1.54, 1.807) is 0 Å². The summed E-state index contributed by atoms with van der Waals surface area (Å²) in [5.41, 5.74) is 1.17. The summed E-state index contributed by atoms with van der Waals surface area (Å²) in [6, 6.07) is 2.01. The van der Waals surface area contributed by atoms with Gasteiger partial charge in [-0.2, -0.15) is 0 Å². The van der Waals surface area contributed by atoms with Crippen LogP contribution in [0.1, 0.15) is 51.5 Å². The standard InChI is InChI=1S/C16H26N2O/c1-3-13-7-5-6-8-15(13)19-16-9-10-18-12-14(16)11-17-4-2/h9-10,12-13,15,17H,3-8,11H2,1-2H3. The molecule has 1 heterocycles. The molecule has 0 saturated heterocycles. The summed E-state index contributed by atoms with van der Waals surface area (Å²) in [5, 5.41) is 3.35. The van der Waals surface area contributed by atoms with Crippen molar-refractivity contribution in [2.24, 2.45) is 5.92 Å². The zero-order chi connectivity index (χ0) is 13.5. The highest BCUT2D eigenvalue weighted by Gasteiger charge is 2.25. The Hall–Kier alpha value is -1.09. The molecule has 2 rings (SSSR count). The van der Waals surface area contributed by atoms with E-state index < -0.39 is 0 Å². The van der Waals surface area contributed by atoms with Gasteiger partial charge in [-0.1, -0.05) is 20.3 Å². The van der Waals surface area contributed by atoms with Crippen molar-refractivity contribution >= 4 is 0 Å². The Labute approximate surface area is 116 Å². The van der Waals surface area contributed by atoms with Crippen LogP contribution in [0.25, 0.3) is 0 Å². The molecule has 2 unspecified atom stereocenters. The van der Waals surface area contributed by atoms with Gasteiger partial charge in [0.2, 0.25) is 0 Å². The predicted octanol–water partition coefficient (Wildman–Crippen LogP) is 3.54. The fourth-order valence-electron chi connectivity index (χ4n) is 2.88. The average Bonchev–Trinajstić information content (AvgIpc) is 2.47. The molecule has 2 atom stereocenters. The van der Waals surface area contributed by atoms with E-state index in [2.05, 4.69) is 24.1 Å². The predicted molar refractivity (Wildman–Crippen MR) is 78.3 cm³/mol. The van der Waals surface area contributed by atoms with Gasteiger partial charge in [0.25, 0.3) is 0 Å². The van der Waals surface area contributed by atoms with Crippen LogP contribution in [-0.4, -0.2) is 17.6 Å². The molecule has 1 aromatic heterocycles. The molecule has 1 aliphatic carbocycles. The van der Waals surface area contributed by atoms with Crippen molar-refractivity contribution in [2.75, 3.05) is 6.54 Å². The molecule has 1 fully saturated rings. The number of aromatic nitrogens is 1. The minimum Gasteiger partial charge on any atom is -0.490 e. The van der Waals surface area contributed by atoms with Crippen molar-refractivity contribution in [3.8, 4) is 5.75 Å². The first kappa shape index (κ1) is 14.3. The van der Waals surface area contributed by atoms with Gasteiger partial charge in [0, 0.05) is 24.5 Å². The smallest absolute Gasteiger partial charge is 0.127 e.